The van der Waals surface area contributed by atoms with Crippen LogP contribution in [-0.2, 0) is 6.54 Å². The summed E-state index contributed by atoms with van der Waals surface area (Å²) in [6.07, 6.45) is 1.25. The highest BCUT2D eigenvalue weighted by atomic mass is 19.1. The van der Waals surface area contributed by atoms with E-state index in [2.05, 4.69) is 27.0 Å². The van der Waals surface area contributed by atoms with E-state index in [9.17, 15) is 4.39 Å². The Morgan fingerprint density at radius 2 is 2.14 bits per heavy atom. The van der Waals surface area contributed by atoms with Crippen molar-refractivity contribution in [3.8, 4) is 0 Å². The SMILES string of the molecule is CCN1CCC(CNC(=NC)N(C)Cc2ccc(F)cc2)C1. The molecule has 0 radical (unpaired) electrons. The molecule has 0 saturated carbocycles. The molecule has 0 aliphatic carbocycles. The van der Waals surface area contributed by atoms with Gasteiger partial charge in [0.25, 0.3) is 0 Å². The molecule has 1 aromatic carbocycles. The van der Waals surface area contributed by atoms with Gasteiger partial charge < -0.3 is 15.1 Å². The zero-order chi connectivity index (χ0) is 15.9. The van der Waals surface area contributed by atoms with Crippen molar-refractivity contribution in [3.05, 3.63) is 35.6 Å². The van der Waals surface area contributed by atoms with Crippen LogP contribution in [0.2, 0.25) is 0 Å². The van der Waals surface area contributed by atoms with E-state index >= 15 is 0 Å². The van der Waals surface area contributed by atoms with Crippen molar-refractivity contribution in [2.24, 2.45) is 10.9 Å². The Labute approximate surface area is 133 Å². The Balaban J connectivity index is 1.82. The maximum Gasteiger partial charge on any atom is 0.193 e. The quantitative estimate of drug-likeness (QED) is 0.668. The molecule has 1 unspecified atom stereocenters. The van der Waals surface area contributed by atoms with Gasteiger partial charge >= 0.3 is 0 Å². The van der Waals surface area contributed by atoms with Crippen molar-refractivity contribution in [1.82, 2.24) is 15.1 Å². The summed E-state index contributed by atoms with van der Waals surface area (Å²) in [6, 6.07) is 6.62. The second kappa shape index (κ2) is 8.13. The normalized spacial score (nSPS) is 19.5. The molecule has 1 heterocycles. The summed E-state index contributed by atoms with van der Waals surface area (Å²) in [4.78, 5) is 8.90. The van der Waals surface area contributed by atoms with Crippen LogP contribution >= 0.6 is 0 Å². The summed E-state index contributed by atoms with van der Waals surface area (Å²) in [5.74, 6) is 1.38. The molecule has 1 atom stereocenters. The fourth-order valence-corrected chi connectivity index (χ4v) is 2.93. The molecule has 1 aromatic rings. The van der Waals surface area contributed by atoms with Gasteiger partial charge in [-0.25, -0.2) is 4.39 Å². The second-order valence-corrected chi connectivity index (χ2v) is 5.96. The zero-order valence-electron chi connectivity index (χ0n) is 13.8. The van der Waals surface area contributed by atoms with Crippen LogP contribution in [0.3, 0.4) is 0 Å². The van der Waals surface area contributed by atoms with Crippen molar-refractivity contribution in [2.75, 3.05) is 40.3 Å². The molecule has 1 saturated heterocycles. The lowest BCUT2D eigenvalue weighted by Gasteiger charge is -2.23. The topological polar surface area (TPSA) is 30.9 Å². The average Bonchev–Trinajstić information content (AvgIpc) is 2.98. The van der Waals surface area contributed by atoms with Crippen LogP contribution in [0.4, 0.5) is 4.39 Å². The van der Waals surface area contributed by atoms with Gasteiger partial charge in [-0.15, -0.1) is 0 Å². The fourth-order valence-electron chi connectivity index (χ4n) is 2.93. The van der Waals surface area contributed by atoms with E-state index < -0.39 is 0 Å². The first-order valence-corrected chi connectivity index (χ1v) is 8.01. The highest BCUT2D eigenvalue weighted by Gasteiger charge is 2.21. The largest absolute Gasteiger partial charge is 0.356 e. The highest BCUT2D eigenvalue weighted by Crippen LogP contribution is 2.14. The van der Waals surface area contributed by atoms with E-state index in [1.807, 2.05) is 19.2 Å². The molecule has 1 fully saturated rings. The van der Waals surface area contributed by atoms with Crippen LogP contribution in [0.1, 0.15) is 18.9 Å². The number of nitrogens with zero attached hydrogens (tertiary/aromatic N) is 3. The minimum Gasteiger partial charge on any atom is -0.356 e. The summed E-state index contributed by atoms with van der Waals surface area (Å²) in [5.41, 5.74) is 1.07. The lowest BCUT2D eigenvalue weighted by atomic mass is 10.1. The molecule has 4 nitrogen and oxygen atoms in total. The smallest absolute Gasteiger partial charge is 0.193 e. The minimum atomic E-state index is -0.198. The van der Waals surface area contributed by atoms with Gasteiger partial charge in [0.05, 0.1) is 0 Å². The third-order valence-electron chi connectivity index (χ3n) is 4.27. The van der Waals surface area contributed by atoms with Crippen molar-refractivity contribution in [1.29, 1.82) is 0 Å². The van der Waals surface area contributed by atoms with Crippen molar-refractivity contribution in [3.63, 3.8) is 0 Å². The molecule has 0 aromatic heterocycles. The highest BCUT2D eigenvalue weighted by molar-refractivity contribution is 5.79. The van der Waals surface area contributed by atoms with E-state index in [0.29, 0.717) is 12.5 Å². The number of guanidine groups is 1. The van der Waals surface area contributed by atoms with Gasteiger partial charge in [0.2, 0.25) is 0 Å². The molecule has 1 aliphatic rings. The van der Waals surface area contributed by atoms with Crippen molar-refractivity contribution in [2.45, 2.75) is 19.9 Å². The van der Waals surface area contributed by atoms with Gasteiger partial charge in [-0.2, -0.15) is 0 Å². The van der Waals surface area contributed by atoms with Crippen LogP contribution in [0, 0.1) is 11.7 Å². The van der Waals surface area contributed by atoms with E-state index in [1.54, 1.807) is 7.05 Å². The molecule has 0 amide bonds. The van der Waals surface area contributed by atoms with Crippen molar-refractivity contribution < 1.29 is 4.39 Å². The summed E-state index contributed by atoms with van der Waals surface area (Å²) in [7, 11) is 3.81. The standard InChI is InChI=1S/C17H27FN4/c1-4-22-10-9-15(13-22)11-20-17(19-2)21(3)12-14-5-7-16(18)8-6-14/h5-8,15H,4,9-13H2,1-3H3,(H,19,20). The molecular formula is C17H27FN4. The summed E-state index contributed by atoms with van der Waals surface area (Å²) >= 11 is 0. The lowest BCUT2D eigenvalue weighted by Crippen LogP contribution is -2.41. The first-order valence-electron chi connectivity index (χ1n) is 8.01. The summed E-state index contributed by atoms with van der Waals surface area (Å²) in [6.45, 7) is 7.39. The number of nitrogens with one attached hydrogen (secondary N) is 1. The monoisotopic (exact) mass is 306 g/mol. The van der Waals surface area contributed by atoms with Gasteiger partial charge in [0.1, 0.15) is 5.82 Å². The Bertz CT molecular complexity index is 486. The van der Waals surface area contributed by atoms with E-state index in [0.717, 1.165) is 24.6 Å². The number of hydrogen-bond acceptors (Lipinski definition) is 2. The van der Waals surface area contributed by atoms with Crippen molar-refractivity contribution >= 4 is 5.96 Å². The molecule has 1 aliphatic heterocycles. The van der Waals surface area contributed by atoms with Crippen LogP contribution < -0.4 is 5.32 Å². The van der Waals surface area contributed by atoms with Crippen LogP contribution in [0.25, 0.3) is 0 Å². The zero-order valence-corrected chi connectivity index (χ0v) is 13.8. The Morgan fingerprint density at radius 3 is 2.73 bits per heavy atom. The maximum atomic E-state index is 12.9. The predicted octanol–water partition coefficient (Wildman–Crippen LogP) is 2.17. The number of benzene rings is 1. The van der Waals surface area contributed by atoms with Gasteiger partial charge in [-0.05, 0) is 43.1 Å². The molecule has 122 valence electrons. The first kappa shape index (κ1) is 16.7. The first-order chi connectivity index (χ1) is 10.6. The number of aliphatic imine (C=N–C) groups is 1. The Morgan fingerprint density at radius 1 is 1.41 bits per heavy atom. The summed E-state index contributed by atoms with van der Waals surface area (Å²) in [5, 5.41) is 3.46. The van der Waals surface area contributed by atoms with Gasteiger partial charge in [-0.1, -0.05) is 19.1 Å². The molecule has 1 N–H and O–H groups in total. The number of rotatable bonds is 5. The molecule has 0 bridgehead atoms. The minimum absolute atomic E-state index is 0.198. The van der Waals surface area contributed by atoms with E-state index in [4.69, 9.17) is 0 Å². The number of likely N-dealkylation sites (tertiary alicyclic amines) is 1. The average molecular weight is 306 g/mol. The number of halogens is 1. The van der Waals surface area contributed by atoms with E-state index in [-0.39, 0.29) is 5.82 Å². The van der Waals surface area contributed by atoms with Crippen LogP contribution in [-0.4, -0.2) is 56.0 Å². The third kappa shape index (κ3) is 4.70. The van der Waals surface area contributed by atoms with Gasteiger partial charge in [0, 0.05) is 33.7 Å². The molecule has 5 heteroatoms. The predicted molar refractivity (Wildman–Crippen MR) is 89.4 cm³/mol. The molecule has 2 rings (SSSR count). The Kier molecular flexibility index (Phi) is 6.19. The van der Waals surface area contributed by atoms with Gasteiger partial charge in [-0.3, -0.25) is 4.99 Å². The molecule has 22 heavy (non-hydrogen) atoms. The maximum absolute atomic E-state index is 12.9. The van der Waals surface area contributed by atoms with Crippen LogP contribution in [0.15, 0.2) is 29.3 Å². The molecular weight excluding hydrogens is 279 g/mol. The molecule has 0 spiro atoms. The van der Waals surface area contributed by atoms with Crippen LogP contribution in [0.5, 0.6) is 0 Å². The fraction of sp³-hybridized carbons (Fsp3) is 0.588. The Hall–Kier alpha value is -1.62. The second-order valence-electron chi connectivity index (χ2n) is 5.96. The third-order valence-corrected chi connectivity index (χ3v) is 4.27. The summed E-state index contributed by atoms with van der Waals surface area (Å²) < 4.78 is 12.9. The van der Waals surface area contributed by atoms with E-state index in [1.165, 1.54) is 31.6 Å². The van der Waals surface area contributed by atoms with Gasteiger partial charge in [0.15, 0.2) is 5.96 Å². The number of hydrogen-bond donors (Lipinski definition) is 1. The lowest BCUT2D eigenvalue weighted by molar-refractivity contribution is 0.340.